The van der Waals surface area contributed by atoms with Gasteiger partial charge in [0.1, 0.15) is 12.4 Å². The molecule has 9 heteroatoms. The average molecular weight is 462 g/mol. The highest BCUT2D eigenvalue weighted by Gasteiger charge is 2.27. The monoisotopic (exact) mass is 461 g/mol. The molecular weight excluding hydrogens is 434 g/mol. The molecule has 4 rings (SSSR count). The van der Waals surface area contributed by atoms with Crippen LogP contribution in [0.2, 0.25) is 0 Å². The molecule has 3 aromatic rings. The molecule has 0 bridgehead atoms. The maximum absolute atomic E-state index is 12.5. The lowest BCUT2D eigenvalue weighted by Crippen LogP contribution is -2.24. The van der Waals surface area contributed by atoms with Crippen LogP contribution in [0.4, 0.5) is 5.69 Å². The Morgan fingerprint density at radius 2 is 2.12 bits per heavy atom. The zero-order valence-corrected chi connectivity index (χ0v) is 18.9. The Balaban J connectivity index is 1.32. The SMILES string of the molecule is CCCCC/C=C/Oc1ccc(/C=C/C(=O)Nc2cccc3c2OC(c2nnn[nH]2)CO3)cc1. The average Bonchev–Trinajstić information content (AvgIpc) is 3.41. The maximum atomic E-state index is 12.5. The molecule has 0 spiro atoms. The number of hydrogen-bond acceptors (Lipinski definition) is 7. The third-order valence-corrected chi connectivity index (χ3v) is 5.14. The molecule has 1 atom stereocenters. The van der Waals surface area contributed by atoms with E-state index < -0.39 is 6.10 Å². The van der Waals surface area contributed by atoms with Crippen LogP contribution in [0.1, 0.15) is 50.1 Å². The van der Waals surface area contributed by atoms with Crippen molar-refractivity contribution in [2.24, 2.45) is 0 Å². The summed E-state index contributed by atoms with van der Waals surface area (Å²) >= 11 is 0. The van der Waals surface area contributed by atoms with E-state index >= 15 is 0 Å². The Bertz CT molecular complexity index is 1130. The van der Waals surface area contributed by atoms with E-state index in [9.17, 15) is 4.79 Å². The van der Waals surface area contributed by atoms with Gasteiger partial charge in [0.15, 0.2) is 23.4 Å². The summed E-state index contributed by atoms with van der Waals surface area (Å²) in [4.78, 5) is 12.5. The molecule has 2 aromatic carbocycles. The van der Waals surface area contributed by atoms with Crippen molar-refractivity contribution in [2.45, 2.75) is 38.7 Å². The number of rotatable bonds is 10. The van der Waals surface area contributed by atoms with Gasteiger partial charge in [0.25, 0.3) is 0 Å². The van der Waals surface area contributed by atoms with Crippen molar-refractivity contribution in [2.75, 3.05) is 11.9 Å². The molecule has 1 aliphatic heterocycles. The molecular formula is C25H27N5O4. The summed E-state index contributed by atoms with van der Waals surface area (Å²) in [6, 6.07) is 12.8. The molecule has 2 N–H and O–H groups in total. The van der Waals surface area contributed by atoms with E-state index in [4.69, 9.17) is 14.2 Å². The van der Waals surface area contributed by atoms with Gasteiger partial charge in [-0.15, -0.1) is 5.10 Å². The number of tetrazole rings is 1. The number of benzene rings is 2. The third kappa shape index (κ3) is 6.22. The number of carbonyl (C=O) groups is 1. The molecule has 2 heterocycles. The van der Waals surface area contributed by atoms with E-state index in [1.54, 1.807) is 30.5 Å². The van der Waals surface area contributed by atoms with Gasteiger partial charge in [-0.25, -0.2) is 5.10 Å². The van der Waals surface area contributed by atoms with Gasteiger partial charge in [0.2, 0.25) is 5.91 Å². The lowest BCUT2D eigenvalue weighted by molar-refractivity contribution is -0.111. The molecule has 9 nitrogen and oxygen atoms in total. The van der Waals surface area contributed by atoms with Gasteiger partial charge >= 0.3 is 0 Å². The van der Waals surface area contributed by atoms with Crippen LogP contribution in [0.3, 0.4) is 0 Å². The number of H-pyrrole nitrogens is 1. The van der Waals surface area contributed by atoms with Gasteiger partial charge in [0.05, 0.1) is 11.9 Å². The Kier molecular flexibility index (Phi) is 7.89. The molecule has 0 fully saturated rings. The number of hydrogen-bond donors (Lipinski definition) is 2. The Labute approximate surface area is 197 Å². The molecule has 0 saturated heterocycles. The van der Waals surface area contributed by atoms with Gasteiger partial charge in [-0.05, 0) is 65.2 Å². The molecule has 34 heavy (non-hydrogen) atoms. The number of nitrogens with zero attached hydrogens (tertiary/aromatic N) is 3. The van der Waals surface area contributed by atoms with Crippen LogP contribution >= 0.6 is 0 Å². The van der Waals surface area contributed by atoms with Gasteiger partial charge in [-0.3, -0.25) is 4.79 Å². The number of aromatic nitrogens is 4. The lowest BCUT2D eigenvalue weighted by atomic mass is 10.2. The normalized spacial score (nSPS) is 15.0. The molecule has 1 aromatic heterocycles. The van der Waals surface area contributed by atoms with E-state index in [1.807, 2.05) is 30.3 Å². The topological polar surface area (TPSA) is 111 Å². The van der Waals surface area contributed by atoms with E-state index in [-0.39, 0.29) is 12.5 Å². The number of fused-ring (bicyclic) bond motifs is 1. The van der Waals surface area contributed by atoms with Crippen LogP contribution in [0.15, 0.2) is 60.9 Å². The lowest BCUT2D eigenvalue weighted by Gasteiger charge is -2.26. The highest BCUT2D eigenvalue weighted by molar-refractivity contribution is 6.03. The molecule has 1 aliphatic rings. The quantitative estimate of drug-likeness (QED) is 0.252. The van der Waals surface area contributed by atoms with Crippen molar-refractivity contribution in [3.8, 4) is 17.2 Å². The molecule has 0 saturated carbocycles. The van der Waals surface area contributed by atoms with Crippen LogP contribution in [-0.2, 0) is 4.79 Å². The van der Waals surface area contributed by atoms with Crippen LogP contribution in [-0.4, -0.2) is 33.1 Å². The van der Waals surface area contributed by atoms with Crippen molar-refractivity contribution >= 4 is 17.7 Å². The maximum Gasteiger partial charge on any atom is 0.248 e. The first-order chi connectivity index (χ1) is 16.7. The number of nitrogens with one attached hydrogen (secondary N) is 2. The largest absolute Gasteiger partial charge is 0.485 e. The summed E-state index contributed by atoms with van der Waals surface area (Å²) in [5.74, 6) is 1.88. The van der Waals surface area contributed by atoms with Gasteiger partial charge in [-0.2, -0.15) is 0 Å². The standard InChI is InChI=1S/C25H27N5O4/c1-2-3-4-5-6-16-32-19-13-10-18(11-14-19)12-15-23(31)26-20-8-7-9-21-24(20)34-22(17-33-21)25-27-29-30-28-25/h6-16,22H,2-5,17H2,1H3,(H,26,31)(H,27,28,29,30)/b15-12+,16-6+. The highest BCUT2D eigenvalue weighted by atomic mass is 16.6. The summed E-state index contributed by atoms with van der Waals surface area (Å²) < 4.78 is 17.3. The van der Waals surface area contributed by atoms with Crippen molar-refractivity contribution < 1.29 is 19.0 Å². The highest BCUT2D eigenvalue weighted by Crippen LogP contribution is 2.41. The predicted molar refractivity (Wildman–Crippen MR) is 127 cm³/mol. The molecule has 1 unspecified atom stereocenters. The fourth-order valence-electron chi connectivity index (χ4n) is 3.34. The zero-order valence-electron chi connectivity index (χ0n) is 18.9. The second kappa shape index (κ2) is 11.6. The van der Waals surface area contributed by atoms with Crippen LogP contribution in [0.5, 0.6) is 17.2 Å². The predicted octanol–water partition coefficient (Wildman–Crippen LogP) is 4.84. The Morgan fingerprint density at radius 1 is 1.24 bits per heavy atom. The van der Waals surface area contributed by atoms with E-state index in [2.05, 4.69) is 32.9 Å². The number of para-hydroxylation sites is 1. The van der Waals surface area contributed by atoms with Crippen molar-refractivity contribution in [1.82, 2.24) is 20.6 Å². The van der Waals surface area contributed by atoms with Crippen molar-refractivity contribution in [1.29, 1.82) is 0 Å². The third-order valence-electron chi connectivity index (χ3n) is 5.14. The number of ether oxygens (including phenoxy) is 3. The van der Waals surface area contributed by atoms with Crippen LogP contribution in [0.25, 0.3) is 6.08 Å². The number of carbonyl (C=O) groups excluding carboxylic acids is 1. The summed E-state index contributed by atoms with van der Waals surface area (Å²) in [5.41, 5.74) is 1.38. The van der Waals surface area contributed by atoms with Crippen molar-refractivity contribution in [3.05, 3.63) is 72.3 Å². The molecule has 0 radical (unpaired) electrons. The smallest absolute Gasteiger partial charge is 0.248 e. The summed E-state index contributed by atoms with van der Waals surface area (Å²) in [6.07, 6.45) is 11.1. The summed E-state index contributed by atoms with van der Waals surface area (Å²) in [5, 5.41) is 16.5. The fourth-order valence-corrected chi connectivity index (χ4v) is 3.34. The van der Waals surface area contributed by atoms with Crippen molar-refractivity contribution in [3.63, 3.8) is 0 Å². The summed E-state index contributed by atoms with van der Waals surface area (Å²) in [7, 11) is 0. The minimum absolute atomic E-state index is 0.259. The fraction of sp³-hybridized carbons (Fsp3) is 0.280. The van der Waals surface area contributed by atoms with Gasteiger partial charge in [-0.1, -0.05) is 38.0 Å². The second-order valence-corrected chi connectivity index (χ2v) is 7.71. The first kappa shape index (κ1) is 23.0. The Morgan fingerprint density at radius 3 is 2.91 bits per heavy atom. The van der Waals surface area contributed by atoms with Crippen LogP contribution < -0.4 is 19.5 Å². The minimum Gasteiger partial charge on any atom is -0.485 e. The number of unbranched alkanes of at least 4 members (excludes halogenated alkanes) is 3. The summed E-state index contributed by atoms with van der Waals surface area (Å²) in [6.45, 7) is 2.45. The number of allylic oxidation sites excluding steroid dienone is 1. The van der Waals surface area contributed by atoms with E-state index in [0.717, 1.165) is 17.7 Å². The molecule has 0 aliphatic carbocycles. The number of amides is 1. The molecule has 176 valence electrons. The van der Waals surface area contributed by atoms with Gasteiger partial charge < -0.3 is 19.5 Å². The van der Waals surface area contributed by atoms with E-state index in [0.29, 0.717) is 23.0 Å². The second-order valence-electron chi connectivity index (χ2n) is 7.71. The number of anilines is 1. The minimum atomic E-state index is -0.497. The van der Waals surface area contributed by atoms with E-state index in [1.165, 1.54) is 25.3 Å². The first-order valence-electron chi connectivity index (χ1n) is 11.3. The first-order valence-corrected chi connectivity index (χ1v) is 11.3. The molecule has 1 amide bonds. The Hall–Kier alpha value is -4.14. The van der Waals surface area contributed by atoms with Gasteiger partial charge in [0, 0.05) is 6.08 Å². The van der Waals surface area contributed by atoms with Crippen LogP contribution in [0, 0.1) is 0 Å². The zero-order chi connectivity index (χ0) is 23.6. The number of aromatic amines is 1.